The molecule has 0 saturated carbocycles. The second kappa shape index (κ2) is 8.95. The van der Waals surface area contributed by atoms with E-state index in [1.165, 1.54) is 6.20 Å². The van der Waals surface area contributed by atoms with Crippen LogP contribution in [0.3, 0.4) is 0 Å². The lowest BCUT2D eigenvalue weighted by Crippen LogP contribution is -2.37. The topological polar surface area (TPSA) is 111 Å². The van der Waals surface area contributed by atoms with E-state index in [1.54, 1.807) is 30.3 Å². The van der Waals surface area contributed by atoms with Gasteiger partial charge in [0.1, 0.15) is 6.61 Å². The van der Waals surface area contributed by atoms with Crippen LogP contribution in [0.5, 0.6) is 0 Å². The van der Waals surface area contributed by atoms with Crippen LogP contribution >= 0.6 is 0 Å². The van der Waals surface area contributed by atoms with Gasteiger partial charge in [-0.3, -0.25) is 14.3 Å². The number of nitrogens with one attached hydrogen (secondary N) is 1. The minimum absolute atomic E-state index is 0.252. The van der Waals surface area contributed by atoms with Crippen LogP contribution in [0.15, 0.2) is 52.2 Å². The van der Waals surface area contributed by atoms with Gasteiger partial charge in [0.15, 0.2) is 6.23 Å². The molecule has 0 aliphatic rings. The van der Waals surface area contributed by atoms with Gasteiger partial charge in [-0.25, -0.2) is 9.59 Å². The first-order chi connectivity index (χ1) is 12.0. The van der Waals surface area contributed by atoms with Crippen LogP contribution in [0.25, 0.3) is 0 Å². The first kappa shape index (κ1) is 18.6. The summed E-state index contributed by atoms with van der Waals surface area (Å²) in [6, 6.07) is 9.55. The van der Waals surface area contributed by atoms with Gasteiger partial charge in [-0.05, 0) is 18.6 Å². The van der Waals surface area contributed by atoms with Gasteiger partial charge in [-0.2, -0.15) is 0 Å². The Kier molecular flexibility index (Phi) is 6.67. The van der Waals surface area contributed by atoms with Gasteiger partial charge in [0, 0.05) is 12.3 Å². The Bertz CT molecular complexity index is 795. The molecule has 1 aromatic carbocycles. The molecule has 0 unspecified atom stereocenters. The Morgan fingerprint density at radius 1 is 1.24 bits per heavy atom. The summed E-state index contributed by atoms with van der Waals surface area (Å²) in [6.07, 6.45) is 0.234. The zero-order valence-electron chi connectivity index (χ0n) is 13.8. The van der Waals surface area contributed by atoms with Crippen molar-refractivity contribution in [1.29, 1.82) is 0 Å². The van der Waals surface area contributed by atoms with Gasteiger partial charge >= 0.3 is 11.7 Å². The molecule has 0 fully saturated rings. The highest BCUT2D eigenvalue weighted by atomic mass is 16.6. The highest BCUT2D eigenvalue weighted by Crippen LogP contribution is 2.13. The Morgan fingerprint density at radius 2 is 1.96 bits per heavy atom. The minimum atomic E-state index is -0.978. The normalized spacial score (nSPS) is 13.2. The van der Waals surface area contributed by atoms with Crippen molar-refractivity contribution in [2.75, 3.05) is 13.2 Å². The number of hydrogen-bond donors (Lipinski definition) is 2. The third-order valence-electron chi connectivity index (χ3n) is 3.54. The quantitative estimate of drug-likeness (QED) is 0.679. The number of benzene rings is 1. The van der Waals surface area contributed by atoms with Crippen molar-refractivity contribution in [2.24, 2.45) is 0 Å². The Labute approximate surface area is 143 Å². The molecule has 8 nitrogen and oxygen atoms in total. The van der Waals surface area contributed by atoms with Gasteiger partial charge in [0.25, 0.3) is 5.56 Å². The highest BCUT2D eigenvalue weighted by Gasteiger charge is 2.20. The molecular weight excluding hydrogens is 328 g/mol. The molecule has 2 N–H and O–H groups in total. The van der Waals surface area contributed by atoms with E-state index in [-0.39, 0.29) is 13.2 Å². The number of nitrogens with zero attached hydrogens (tertiary/aromatic N) is 1. The largest absolute Gasteiger partial charge is 0.457 e. The van der Waals surface area contributed by atoms with Crippen molar-refractivity contribution in [3.05, 3.63) is 69.0 Å². The van der Waals surface area contributed by atoms with Crippen molar-refractivity contribution in [3.8, 4) is 0 Å². The molecule has 0 aliphatic carbocycles. The van der Waals surface area contributed by atoms with Crippen molar-refractivity contribution in [3.63, 3.8) is 0 Å². The van der Waals surface area contributed by atoms with E-state index in [0.29, 0.717) is 12.0 Å². The number of carbonyl (C=O) groups is 1. The van der Waals surface area contributed by atoms with Gasteiger partial charge in [-0.15, -0.1) is 0 Å². The first-order valence-electron chi connectivity index (χ1n) is 7.85. The molecule has 0 bridgehead atoms. The summed E-state index contributed by atoms with van der Waals surface area (Å²) in [4.78, 5) is 37.4. The van der Waals surface area contributed by atoms with Crippen molar-refractivity contribution < 1.29 is 19.4 Å². The predicted octanol–water partition coefficient (Wildman–Crippen LogP) is 0.680. The summed E-state index contributed by atoms with van der Waals surface area (Å²) < 4.78 is 12.0. The molecule has 0 radical (unpaired) electrons. The van der Waals surface area contributed by atoms with Crippen molar-refractivity contribution in [1.82, 2.24) is 9.55 Å². The second-order valence-electron chi connectivity index (χ2n) is 5.29. The van der Waals surface area contributed by atoms with E-state index in [1.807, 2.05) is 6.92 Å². The number of carbonyl (C=O) groups excluding carboxylic acids is 1. The number of aromatic amines is 1. The summed E-state index contributed by atoms with van der Waals surface area (Å²) in [5, 5.41) is 9.31. The average molecular weight is 348 g/mol. The number of ether oxygens (including phenoxy) is 2. The Hall–Kier alpha value is -2.71. The molecule has 0 aliphatic heterocycles. The SMILES string of the molecule is CC[C@@H](CO)O[C@H](COC(=O)c1ccccc1)n1ccc(=O)[nH]c1=O. The first-order valence-corrected chi connectivity index (χ1v) is 7.85. The third kappa shape index (κ3) is 5.13. The van der Waals surface area contributed by atoms with Crippen LogP contribution < -0.4 is 11.2 Å². The number of H-pyrrole nitrogens is 1. The standard InChI is InChI=1S/C17H20N2O6/c1-2-13(10-20)25-15(19-9-8-14(21)18-17(19)23)11-24-16(22)12-6-4-3-5-7-12/h3-9,13,15,20H,2,10-11H2,1H3,(H,18,21,23)/t13-,15+/m0/s1. The molecule has 0 amide bonds. The predicted molar refractivity (Wildman–Crippen MR) is 89.3 cm³/mol. The van der Waals surface area contributed by atoms with Crippen LogP contribution in [0.2, 0.25) is 0 Å². The molecule has 1 aromatic heterocycles. The fraction of sp³-hybridized carbons (Fsp3) is 0.353. The third-order valence-corrected chi connectivity index (χ3v) is 3.54. The highest BCUT2D eigenvalue weighted by molar-refractivity contribution is 5.89. The lowest BCUT2D eigenvalue weighted by molar-refractivity contribution is -0.102. The van der Waals surface area contributed by atoms with Gasteiger partial charge < -0.3 is 14.6 Å². The maximum atomic E-state index is 12.1. The molecule has 2 aromatic rings. The summed E-state index contributed by atoms with van der Waals surface area (Å²) in [5.74, 6) is -0.566. The summed E-state index contributed by atoms with van der Waals surface area (Å²) in [5.41, 5.74) is -0.874. The minimum Gasteiger partial charge on any atom is -0.457 e. The summed E-state index contributed by atoms with van der Waals surface area (Å²) in [7, 11) is 0. The molecule has 0 saturated heterocycles. The van der Waals surface area contributed by atoms with Gasteiger partial charge in [0.2, 0.25) is 0 Å². The summed E-state index contributed by atoms with van der Waals surface area (Å²) >= 11 is 0. The molecule has 25 heavy (non-hydrogen) atoms. The van der Waals surface area contributed by atoms with Crippen LogP contribution in [-0.4, -0.2) is 39.9 Å². The maximum absolute atomic E-state index is 12.1. The fourth-order valence-corrected chi connectivity index (χ4v) is 2.13. The lowest BCUT2D eigenvalue weighted by atomic mass is 10.2. The van der Waals surface area contributed by atoms with E-state index < -0.39 is 29.6 Å². The molecule has 2 atom stereocenters. The van der Waals surface area contributed by atoms with E-state index in [4.69, 9.17) is 9.47 Å². The van der Waals surface area contributed by atoms with Crippen LogP contribution in [0.1, 0.15) is 29.9 Å². The van der Waals surface area contributed by atoms with Gasteiger partial charge in [0.05, 0.1) is 18.3 Å². The number of aliphatic hydroxyl groups excluding tert-OH is 1. The number of aromatic nitrogens is 2. The second-order valence-corrected chi connectivity index (χ2v) is 5.29. The zero-order valence-corrected chi connectivity index (χ0v) is 13.8. The van der Waals surface area contributed by atoms with E-state index in [0.717, 1.165) is 10.6 Å². The lowest BCUT2D eigenvalue weighted by Gasteiger charge is -2.24. The summed E-state index contributed by atoms with van der Waals surface area (Å²) in [6.45, 7) is 1.30. The van der Waals surface area contributed by atoms with E-state index in [2.05, 4.69) is 4.98 Å². The smallest absolute Gasteiger partial charge is 0.338 e. The number of aliphatic hydroxyl groups is 1. The van der Waals surface area contributed by atoms with Crippen molar-refractivity contribution >= 4 is 5.97 Å². The molecule has 1 heterocycles. The van der Waals surface area contributed by atoms with E-state index >= 15 is 0 Å². The number of rotatable bonds is 8. The Morgan fingerprint density at radius 3 is 2.56 bits per heavy atom. The maximum Gasteiger partial charge on any atom is 0.338 e. The zero-order chi connectivity index (χ0) is 18.2. The van der Waals surface area contributed by atoms with Crippen LogP contribution in [0.4, 0.5) is 0 Å². The number of esters is 1. The van der Waals surface area contributed by atoms with Gasteiger partial charge in [-0.1, -0.05) is 25.1 Å². The molecule has 134 valence electrons. The molecule has 8 heteroatoms. The van der Waals surface area contributed by atoms with Crippen molar-refractivity contribution in [2.45, 2.75) is 25.7 Å². The van der Waals surface area contributed by atoms with E-state index in [9.17, 15) is 19.5 Å². The molecule has 2 rings (SSSR count). The average Bonchev–Trinajstić information content (AvgIpc) is 2.63. The van der Waals surface area contributed by atoms with Crippen LogP contribution in [-0.2, 0) is 9.47 Å². The van der Waals surface area contributed by atoms with Crippen LogP contribution in [0, 0.1) is 0 Å². The fourth-order valence-electron chi connectivity index (χ4n) is 2.13. The number of hydrogen-bond acceptors (Lipinski definition) is 6. The Balaban J connectivity index is 2.18. The monoisotopic (exact) mass is 348 g/mol. The molecular formula is C17H20N2O6. The molecule has 0 spiro atoms.